The third kappa shape index (κ3) is 6.30. The van der Waals surface area contributed by atoms with Crippen molar-refractivity contribution in [2.75, 3.05) is 13.2 Å². The van der Waals surface area contributed by atoms with Crippen molar-refractivity contribution >= 4 is 5.97 Å². The fourth-order valence-corrected chi connectivity index (χ4v) is 1.99. The van der Waals surface area contributed by atoms with Gasteiger partial charge in [-0.3, -0.25) is 0 Å². The summed E-state index contributed by atoms with van der Waals surface area (Å²) in [6.45, 7) is 2.99. The van der Waals surface area contributed by atoms with Crippen LogP contribution in [-0.4, -0.2) is 30.4 Å². The van der Waals surface area contributed by atoms with E-state index in [0.29, 0.717) is 25.4 Å². The van der Waals surface area contributed by atoms with E-state index >= 15 is 0 Å². The van der Waals surface area contributed by atoms with E-state index in [0.717, 1.165) is 5.56 Å². The lowest BCUT2D eigenvalue weighted by Gasteiger charge is -2.14. The van der Waals surface area contributed by atoms with E-state index in [4.69, 9.17) is 14.2 Å². The van der Waals surface area contributed by atoms with E-state index < -0.39 is 12.1 Å². The van der Waals surface area contributed by atoms with Crippen molar-refractivity contribution in [1.29, 1.82) is 0 Å². The standard InChI is InChI=1S/C19H22O5/c1-15(24-18-10-8-17(20)9-11-18)19(21)23-13-5-12-22-14-16-6-3-2-4-7-16/h2-4,6-11,15,20H,5,12-14H2,1H3. The zero-order valence-corrected chi connectivity index (χ0v) is 13.7. The first-order valence-electron chi connectivity index (χ1n) is 7.89. The van der Waals surface area contributed by atoms with Crippen molar-refractivity contribution in [3.63, 3.8) is 0 Å². The highest BCUT2D eigenvalue weighted by molar-refractivity contribution is 5.74. The summed E-state index contributed by atoms with van der Waals surface area (Å²) in [7, 11) is 0. The number of phenols is 1. The van der Waals surface area contributed by atoms with Gasteiger partial charge in [-0.25, -0.2) is 4.79 Å². The number of benzene rings is 2. The molecule has 0 aliphatic carbocycles. The zero-order chi connectivity index (χ0) is 17.2. The maximum absolute atomic E-state index is 11.8. The van der Waals surface area contributed by atoms with Crippen LogP contribution in [-0.2, 0) is 20.9 Å². The second-order valence-electron chi connectivity index (χ2n) is 5.31. The highest BCUT2D eigenvalue weighted by atomic mass is 16.6. The van der Waals surface area contributed by atoms with Crippen LogP contribution in [0.1, 0.15) is 18.9 Å². The maximum Gasteiger partial charge on any atom is 0.347 e. The molecule has 24 heavy (non-hydrogen) atoms. The van der Waals surface area contributed by atoms with Gasteiger partial charge in [0.2, 0.25) is 0 Å². The maximum atomic E-state index is 11.8. The van der Waals surface area contributed by atoms with E-state index in [9.17, 15) is 9.90 Å². The van der Waals surface area contributed by atoms with Crippen molar-refractivity contribution < 1.29 is 24.1 Å². The predicted molar refractivity (Wildman–Crippen MR) is 89.9 cm³/mol. The molecule has 1 unspecified atom stereocenters. The molecule has 2 aromatic carbocycles. The Morgan fingerprint density at radius 1 is 1.04 bits per heavy atom. The molecule has 0 aromatic heterocycles. The van der Waals surface area contributed by atoms with Gasteiger partial charge in [0.25, 0.3) is 0 Å². The number of hydrogen-bond donors (Lipinski definition) is 1. The summed E-state index contributed by atoms with van der Waals surface area (Å²) < 4.78 is 16.1. The highest BCUT2D eigenvalue weighted by Crippen LogP contribution is 2.17. The summed E-state index contributed by atoms with van der Waals surface area (Å²) in [5.74, 6) is 0.225. The molecular weight excluding hydrogens is 308 g/mol. The van der Waals surface area contributed by atoms with Gasteiger partial charge in [-0.1, -0.05) is 30.3 Å². The molecule has 0 heterocycles. The van der Waals surface area contributed by atoms with Crippen molar-refractivity contribution in [2.24, 2.45) is 0 Å². The second kappa shape index (κ2) is 9.57. The van der Waals surface area contributed by atoms with Gasteiger partial charge in [0.05, 0.1) is 19.8 Å². The van der Waals surface area contributed by atoms with E-state index in [2.05, 4.69) is 0 Å². The molecule has 1 N–H and O–H groups in total. The van der Waals surface area contributed by atoms with E-state index in [1.54, 1.807) is 19.1 Å². The molecule has 5 nitrogen and oxygen atoms in total. The fourth-order valence-electron chi connectivity index (χ4n) is 1.99. The molecule has 0 bridgehead atoms. The number of hydrogen-bond acceptors (Lipinski definition) is 5. The van der Waals surface area contributed by atoms with Crippen molar-refractivity contribution in [2.45, 2.75) is 26.1 Å². The van der Waals surface area contributed by atoms with Gasteiger partial charge >= 0.3 is 5.97 Å². The number of carbonyl (C=O) groups excluding carboxylic acids is 1. The number of phenolic OH excluding ortho intramolecular Hbond substituents is 1. The van der Waals surface area contributed by atoms with Crippen LogP contribution in [0.5, 0.6) is 11.5 Å². The molecule has 1 atom stereocenters. The number of rotatable bonds is 9. The first-order chi connectivity index (χ1) is 11.6. The molecule has 0 aliphatic heterocycles. The lowest BCUT2D eigenvalue weighted by molar-refractivity contribution is -0.151. The summed E-state index contributed by atoms with van der Waals surface area (Å²) in [5, 5.41) is 9.20. The van der Waals surface area contributed by atoms with Crippen LogP contribution in [0.3, 0.4) is 0 Å². The molecule has 0 aliphatic rings. The van der Waals surface area contributed by atoms with Crippen LogP contribution < -0.4 is 4.74 Å². The third-order valence-electron chi connectivity index (χ3n) is 3.27. The summed E-state index contributed by atoms with van der Waals surface area (Å²) in [6.07, 6.45) is -0.0791. The van der Waals surface area contributed by atoms with Crippen LogP contribution in [0.15, 0.2) is 54.6 Å². The SMILES string of the molecule is CC(Oc1ccc(O)cc1)C(=O)OCCCOCc1ccccc1. The molecule has 0 fully saturated rings. The lowest BCUT2D eigenvalue weighted by atomic mass is 10.2. The Morgan fingerprint density at radius 2 is 1.75 bits per heavy atom. The summed E-state index contributed by atoms with van der Waals surface area (Å²) in [6, 6.07) is 16.1. The number of ether oxygens (including phenoxy) is 3. The average Bonchev–Trinajstić information content (AvgIpc) is 2.60. The normalized spacial score (nSPS) is 11.7. The van der Waals surface area contributed by atoms with Crippen LogP contribution in [0, 0.1) is 0 Å². The zero-order valence-electron chi connectivity index (χ0n) is 13.7. The van der Waals surface area contributed by atoms with Crippen molar-refractivity contribution in [1.82, 2.24) is 0 Å². The number of carbonyl (C=O) groups is 1. The van der Waals surface area contributed by atoms with Gasteiger partial charge in [0.15, 0.2) is 6.10 Å². The van der Waals surface area contributed by atoms with E-state index in [-0.39, 0.29) is 12.4 Å². The Bertz CT molecular complexity index is 609. The highest BCUT2D eigenvalue weighted by Gasteiger charge is 2.16. The first-order valence-corrected chi connectivity index (χ1v) is 7.89. The molecule has 2 aromatic rings. The second-order valence-corrected chi connectivity index (χ2v) is 5.31. The Morgan fingerprint density at radius 3 is 2.46 bits per heavy atom. The lowest BCUT2D eigenvalue weighted by Crippen LogP contribution is -2.26. The topological polar surface area (TPSA) is 65.0 Å². The summed E-state index contributed by atoms with van der Waals surface area (Å²) >= 11 is 0. The van der Waals surface area contributed by atoms with Crippen LogP contribution in [0.25, 0.3) is 0 Å². The Labute approximate surface area is 141 Å². The molecule has 0 saturated heterocycles. The minimum absolute atomic E-state index is 0.146. The van der Waals surface area contributed by atoms with Crippen LogP contribution >= 0.6 is 0 Å². The van der Waals surface area contributed by atoms with Crippen molar-refractivity contribution in [3.8, 4) is 11.5 Å². The molecule has 0 radical (unpaired) electrons. The third-order valence-corrected chi connectivity index (χ3v) is 3.27. The molecule has 0 spiro atoms. The van der Waals surface area contributed by atoms with Gasteiger partial charge in [-0.2, -0.15) is 0 Å². The fraction of sp³-hybridized carbons (Fsp3) is 0.316. The minimum atomic E-state index is -0.709. The Balaban J connectivity index is 1.58. The molecule has 2 rings (SSSR count). The largest absolute Gasteiger partial charge is 0.508 e. The monoisotopic (exact) mass is 330 g/mol. The number of esters is 1. The molecule has 128 valence electrons. The minimum Gasteiger partial charge on any atom is -0.508 e. The number of aromatic hydroxyl groups is 1. The van der Waals surface area contributed by atoms with Gasteiger partial charge in [0.1, 0.15) is 11.5 Å². The Hall–Kier alpha value is -2.53. The predicted octanol–water partition coefficient (Wildman–Crippen LogP) is 3.31. The Kier molecular flexibility index (Phi) is 7.11. The average molecular weight is 330 g/mol. The van der Waals surface area contributed by atoms with Gasteiger partial charge < -0.3 is 19.3 Å². The first kappa shape index (κ1) is 17.8. The summed E-state index contributed by atoms with van der Waals surface area (Å²) in [4.78, 5) is 11.8. The van der Waals surface area contributed by atoms with Crippen LogP contribution in [0.4, 0.5) is 0 Å². The van der Waals surface area contributed by atoms with Gasteiger partial charge in [-0.05, 0) is 36.8 Å². The molecule has 5 heteroatoms. The quantitative estimate of drug-likeness (QED) is 0.564. The van der Waals surface area contributed by atoms with E-state index in [1.807, 2.05) is 30.3 Å². The van der Waals surface area contributed by atoms with Gasteiger partial charge in [0, 0.05) is 6.42 Å². The smallest absolute Gasteiger partial charge is 0.347 e. The molecule has 0 saturated carbocycles. The van der Waals surface area contributed by atoms with Crippen molar-refractivity contribution in [3.05, 3.63) is 60.2 Å². The van der Waals surface area contributed by atoms with E-state index in [1.165, 1.54) is 12.1 Å². The molecular formula is C19H22O5. The molecule has 0 amide bonds. The van der Waals surface area contributed by atoms with Crippen LogP contribution in [0.2, 0.25) is 0 Å². The summed E-state index contributed by atoms with van der Waals surface area (Å²) in [5.41, 5.74) is 1.12. The van der Waals surface area contributed by atoms with Gasteiger partial charge in [-0.15, -0.1) is 0 Å².